The van der Waals surface area contributed by atoms with Crippen molar-refractivity contribution in [2.24, 2.45) is 23.7 Å². The van der Waals surface area contributed by atoms with Crippen molar-refractivity contribution in [3.63, 3.8) is 0 Å². The molecule has 0 spiro atoms. The average Bonchev–Trinajstić information content (AvgIpc) is 2.90. The third-order valence-electron chi connectivity index (χ3n) is 8.87. The number of carbonyl (C=O) groups excluding carboxylic acids is 1. The van der Waals surface area contributed by atoms with Gasteiger partial charge in [-0.05, 0) is 116 Å². The van der Waals surface area contributed by atoms with Gasteiger partial charge in [-0.2, -0.15) is 0 Å². The van der Waals surface area contributed by atoms with E-state index >= 15 is 0 Å². The summed E-state index contributed by atoms with van der Waals surface area (Å²) in [5.41, 5.74) is 4.20. The Morgan fingerprint density at radius 2 is 2.05 bits per heavy atom. The highest BCUT2D eigenvalue weighted by Crippen LogP contribution is 2.43. The minimum Gasteiger partial charge on any atom is -0.396 e. The molecule has 2 aliphatic rings. The minimum absolute atomic E-state index is 0.0487. The second kappa shape index (κ2) is 15.3. The van der Waals surface area contributed by atoms with E-state index in [9.17, 15) is 9.90 Å². The molecule has 0 radical (unpaired) electrons. The van der Waals surface area contributed by atoms with Gasteiger partial charge in [-0.3, -0.25) is 9.52 Å². The predicted octanol–water partition coefficient (Wildman–Crippen LogP) is 7.93. The fourth-order valence-electron chi connectivity index (χ4n) is 5.96. The van der Waals surface area contributed by atoms with Crippen molar-refractivity contribution in [1.82, 2.24) is 9.62 Å². The van der Waals surface area contributed by atoms with Crippen LogP contribution < -0.4 is 4.72 Å². The standard InChI is InChI=1S/C33H49ClN2O2S/c1-7-27-19-30(34)14-16-31(27)24(4)20-36-21-29-13-15-32(29)28(12-9-17-37)11-8-10-22(2)26(6)39-35-33(38)23(3)18-25(36)5/h8,11,14,16,18-19,22,24,26,28-29,32,37H,5,7,9-10,12-13,15,17,20-21H2,1-4,6H3,(H,35,38)/b11-8+,23-18+. The number of hydrogen-bond donors (Lipinski definition) is 2. The summed E-state index contributed by atoms with van der Waals surface area (Å²) in [6.07, 6.45) is 13.0. The number of aliphatic hydroxyl groups excluding tert-OH is 1. The van der Waals surface area contributed by atoms with Crippen molar-refractivity contribution >= 4 is 29.5 Å². The normalized spacial score (nSPS) is 30.0. The van der Waals surface area contributed by atoms with Crippen molar-refractivity contribution in [3.8, 4) is 0 Å². The molecule has 2 N–H and O–H groups in total. The number of nitrogens with one attached hydrogen (secondary N) is 1. The van der Waals surface area contributed by atoms with Crippen LogP contribution in [0, 0.1) is 23.7 Å². The van der Waals surface area contributed by atoms with Gasteiger partial charge in [0.05, 0.1) is 0 Å². The molecule has 1 amide bonds. The maximum atomic E-state index is 12.9. The number of halogens is 1. The molecule has 0 saturated heterocycles. The van der Waals surface area contributed by atoms with Crippen LogP contribution in [0.1, 0.15) is 83.8 Å². The van der Waals surface area contributed by atoms with Crippen LogP contribution in [-0.2, 0) is 11.2 Å². The van der Waals surface area contributed by atoms with Gasteiger partial charge in [0.1, 0.15) is 0 Å². The summed E-state index contributed by atoms with van der Waals surface area (Å²) < 4.78 is 3.07. The molecule has 1 aliphatic carbocycles. The van der Waals surface area contributed by atoms with Gasteiger partial charge in [0, 0.05) is 41.2 Å². The van der Waals surface area contributed by atoms with E-state index in [4.69, 9.17) is 11.6 Å². The second-order valence-corrected chi connectivity index (χ2v) is 13.4. The van der Waals surface area contributed by atoms with Gasteiger partial charge in [0.25, 0.3) is 5.91 Å². The summed E-state index contributed by atoms with van der Waals surface area (Å²) in [4.78, 5) is 15.3. The Morgan fingerprint density at radius 3 is 2.72 bits per heavy atom. The highest BCUT2D eigenvalue weighted by molar-refractivity contribution is 7.98. The summed E-state index contributed by atoms with van der Waals surface area (Å²) in [7, 11) is 0. The van der Waals surface area contributed by atoms with E-state index < -0.39 is 0 Å². The van der Waals surface area contributed by atoms with Crippen molar-refractivity contribution in [2.75, 3.05) is 19.7 Å². The smallest absolute Gasteiger partial charge is 0.256 e. The lowest BCUT2D eigenvalue weighted by atomic mass is 9.65. The Kier molecular flexibility index (Phi) is 12.5. The van der Waals surface area contributed by atoms with Gasteiger partial charge in [0.2, 0.25) is 0 Å². The van der Waals surface area contributed by atoms with Gasteiger partial charge < -0.3 is 10.0 Å². The Morgan fingerprint density at radius 1 is 1.28 bits per heavy atom. The highest BCUT2D eigenvalue weighted by atomic mass is 35.5. The number of hydrogen-bond acceptors (Lipinski definition) is 4. The van der Waals surface area contributed by atoms with Crippen LogP contribution in [0.2, 0.25) is 5.02 Å². The maximum absolute atomic E-state index is 12.9. The monoisotopic (exact) mass is 572 g/mol. The van der Waals surface area contributed by atoms with Gasteiger partial charge in [-0.1, -0.05) is 64.1 Å². The molecule has 216 valence electrons. The van der Waals surface area contributed by atoms with E-state index in [1.54, 1.807) is 0 Å². The first-order chi connectivity index (χ1) is 18.6. The largest absolute Gasteiger partial charge is 0.396 e. The Hall–Kier alpha value is -1.69. The zero-order valence-corrected chi connectivity index (χ0v) is 26.2. The molecule has 6 atom stereocenters. The number of amides is 1. The first-order valence-electron chi connectivity index (χ1n) is 14.8. The van der Waals surface area contributed by atoms with Gasteiger partial charge in [0.15, 0.2) is 0 Å². The van der Waals surface area contributed by atoms with Crippen LogP contribution in [0.15, 0.2) is 54.3 Å². The van der Waals surface area contributed by atoms with Crippen LogP contribution in [0.5, 0.6) is 0 Å². The lowest BCUT2D eigenvalue weighted by Crippen LogP contribution is -2.41. The summed E-state index contributed by atoms with van der Waals surface area (Å²) in [5, 5.41) is 10.7. The van der Waals surface area contributed by atoms with Crippen LogP contribution in [0.4, 0.5) is 0 Å². The van der Waals surface area contributed by atoms with Crippen molar-refractivity contribution < 1.29 is 9.90 Å². The summed E-state index contributed by atoms with van der Waals surface area (Å²) >= 11 is 7.82. The summed E-state index contributed by atoms with van der Waals surface area (Å²) in [6, 6.07) is 6.25. The number of aliphatic hydroxyl groups is 1. The van der Waals surface area contributed by atoms with E-state index in [1.807, 2.05) is 19.1 Å². The van der Waals surface area contributed by atoms with Gasteiger partial charge in [-0.15, -0.1) is 0 Å². The molecule has 1 fully saturated rings. The van der Waals surface area contributed by atoms with Crippen LogP contribution >= 0.6 is 23.5 Å². The van der Waals surface area contributed by atoms with E-state index in [-0.39, 0.29) is 12.5 Å². The number of nitrogens with zero attached hydrogens (tertiary/aromatic N) is 1. The minimum atomic E-state index is -0.0487. The molecular formula is C33H49ClN2O2S. The zero-order chi connectivity index (χ0) is 28.5. The van der Waals surface area contributed by atoms with Crippen molar-refractivity contribution in [1.29, 1.82) is 0 Å². The number of benzene rings is 1. The third kappa shape index (κ3) is 8.90. The van der Waals surface area contributed by atoms with Crippen LogP contribution in [-0.4, -0.2) is 40.9 Å². The lowest BCUT2D eigenvalue weighted by molar-refractivity contribution is -0.115. The van der Waals surface area contributed by atoms with E-state index in [2.05, 4.69) is 68.2 Å². The Balaban J connectivity index is 1.90. The molecule has 1 aromatic carbocycles. The molecule has 1 aromatic rings. The van der Waals surface area contributed by atoms with Crippen molar-refractivity contribution in [3.05, 3.63) is 70.4 Å². The molecule has 0 bridgehead atoms. The fraction of sp³-hybridized carbons (Fsp3) is 0.606. The molecule has 1 heterocycles. The van der Waals surface area contributed by atoms with E-state index in [1.165, 1.54) is 35.9 Å². The highest BCUT2D eigenvalue weighted by Gasteiger charge is 2.37. The quantitative estimate of drug-likeness (QED) is 0.257. The van der Waals surface area contributed by atoms with Crippen molar-refractivity contribution in [2.45, 2.75) is 84.3 Å². The number of rotatable bonds is 7. The molecule has 39 heavy (non-hydrogen) atoms. The maximum Gasteiger partial charge on any atom is 0.256 e. The molecule has 0 aromatic heterocycles. The molecule has 3 rings (SSSR count). The SMILES string of the molecule is C=C1/C=C(\C)C(=O)NSC(C)C(C)C/C=C/C(CCCO)C2CCC2CN1CC(C)c1ccc(Cl)cc1CC. The topological polar surface area (TPSA) is 52.6 Å². The molecule has 4 nitrogen and oxygen atoms in total. The molecule has 6 unspecified atom stereocenters. The van der Waals surface area contributed by atoms with E-state index in [0.29, 0.717) is 40.4 Å². The summed E-state index contributed by atoms with van der Waals surface area (Å²) in [5.74, 6) is 2.37. The Labute approximate surface area is 246 Å². The molecule has 1 aliphatic heterocycles. The first kappa shape index (κ1) is 31.8. The summed E-state index contributed by atoms with van der Waals surface area (Å²) in [6.45, 7) is 17.2. The number of allylic oxidation sites excluding steroid dienone is 3. The number of fused-ring (bicyclic) bond motifs is 1. The van der Waals surface area contributed by atoms with Gasteiger partial charge in [-0.25, -0.2) is 0 Å². The van der Waals surface area contributed by atoms with E-state index in [0.717, 1.165) is 49.5 Å². The van der Waals surface area contributed by atoms with Gasteiger partial charge >= 0.3 is 0 Å². The molecule has 6 heteroatoms. The van der Waals surface area contributed by atoms with Crippen LogP contribution in [0.3, 0.4) is 0 Å². The predicted molar refractivity (Wildman–Crippen MR) is 168 cm³/mol. The average molecular weight is 573 g/mol. The fourth-order valence-corrected chi connectivity index (χ4v) is 6.95. The number of carbonyl (C=O) groups is 1. The second-order valence-electron chi connectivity index (χ2n) is 11.7. The first-order valence-corrected chi connectivity index (χ1v) is 16.0. The third-order valence-corrected chi connectivity index (χ3v) is 10.2. The Bertz CT molecular complexity index is 1040. The zero-order valence-electron chi connectivity index (χ0n) is 24.6. The lowest BCUT2D eigenvalue weighted by Gasteiger charge is -2.45. The molecule has 1 saturated carbocycles. The number of aryl methyl sites for hydroxylation is 1. The molecular weight excluding hydrogens is 524 g/mol. The van der Waals surface area contributed by atoms with Crippen LogP contribution in [0.25, 0.3) is 0 Å².